The number of hydrogen-bond donors (Lipinski definition) is 2. The quantitative estimate of drug-likeness (QED) is 0.810. The number of carboxylic acids is 1. The lowest BCUT2D eigenvalue weighted by atomic mass is 10.1. The van der Waals surface area contributed by atoms with Crippen LogP contribution in [0, 0.1) is 0 Å². The standard InChI is InChI=1S/C11H14ClNO2/c12-9-6-2-1-4-8(9)5-3-7-10(13)11(14)15/h1-2,4,6,10H,3,5,7,13H2,(H,14,15)/t10-/m0/s1. The minimum Gasteiger partial charge on any atom is -0.480 e. The SMILES string of the molecule is N[C@@H](CCCc1ccccc1Cl)C(=O)O. The second-order valence-corrected chi connectivity index (χ2v) is 3.84. The van der Waals surface area contributed by atoms with E-state index in [4.69, 9.17) is 22.4 Å². The van der Waals surface area contributed by atoms with Gasteiger partial charge in [0.1, 0.15) is 6.04 Å². The van der Waals surface area contributed by atoms with Crippen molar-refractivity contribution in [2.75, 3.05) is 0 Å². The molecule has 4 heteroatoms. The average molecular weight is 228 g/mol. The molecule has 0 bridgehead atoms. The average Bonchev–Trinajstić information content (AvgIpc) is 2.20. The fraction of sp³-hybridized carbons (Fsp3) is 0.364. The van der Waals surface area contributed by atoms with Gasteiger partial charge in [0, 0.05) is 5.02 Å². The molecule has 1 atom stereocenters. The van der Waals surface area contributed by atoms with Crippen molar-refractivity contribution >= 4 is 17.6 Å². The summed E-state index contributed by atoms with van der Waals surface area (Å²) in [6, 6.07) is 6.78. The highest BCUT2D eigenvalue weighted by atomic mass is 35.5. The van der Waals surface area contributed by atoms with E-state index >= 15 is 0 Å². The number of benzene rings is 1. The minimum absolute atomic E-state index is 0.473. The minimum atomic E-state index is -0.950. The molecule has 0 aliphatic carbocycles. The molecule has 0 aromatic heterocycles. The molecule has 3 nitrogen and oxygen atoms in total. The number of carbonyl (C=O) groups is 1. The zero-order valence-corrected chi connectivity index (χ0v) is 9.07. The maximum atomic E-state index is 10.5. The summed E-state index contributed by atoms with van der Waals surface area (Å²) in [6.45, 7) is 0. The number of halogens is 1. The van der Waals surface area contributed by atoms with Gasteiger partial charge < -0.3 is 10.8 Å². The topological polar surface area (TPSA) is 63.3 Å². The maximum absolute atomic E-state index is 10.5. The highest BCUT2D eigenvalue weighted by molar-refractivity contribution is 6.31. The van der Waals surface area contributed by atoms with Crippen LogP contribution in [-0.4, -0.2) is 17.1 Å². The van der Waals surface area contributed by atoms with Crippen LogP contribution >= 0.6 is 11.6 Å². The van der Waals surface area contributed by atoms with Crippen LogP contribution in [0.5, 0.6) is 0 Å². The molecule has 0 aliphatic rings. The van der Waals surface area contributed by atoms with Gasteiger partial charge in [-0.2, -0.15) is 0 Å². The van der Waals surface area contributed by atoms with E-state index in [9.17, 15) is 4.79 Å². The molecule has 0 unspecified atom stereocenters. The van der Waals surface area contributed by atoms with E-state index in [1.165, 1.54) is 0 Å². The second kappa shape index (κ2) is 5.73. The van der Waals surface area contributed by atoms with Crippen LogP contribution in [0.3, 0.4) is 0 Å². The molecule has 0 fully saturated rings. The van der Waals surface area contributed by atoms with E-state index in [1.807, 2.05) is 24.3 Å². The highest BCUT2D eigenvalue weighted by Crippen LogP contribution is 2.17. The molecule has 0 spiro atoms. The molecule has 1 aromatic rings. The van der Waals surface area contributed by atoms with E-state index in [0.29, 0.717) is 6.42 Å². The molecule has 3 N–H and O–H groups in total. The normalized spacial score (nSPS) is 12.4. The van der Waals surface area contributed by atoms with Crippen LogP contribution in [-0.2, 0) is 11.2 Å². The van der Waals surface area contributed by atoms with Crippen LogP contribution in [0.1, 0.15) is 18.4 Å². The summed E-state index contributed by atoms with van der Waals surface area (Å²) >= 11 is 5.95. The lowest BCUT2D eigenvalue weighted by Gasteiger charge is -2.06. The molecule has 15 heavy (non-hydrogen) atoms. The number of aryl methyl sites for hydroxylation is 1. The Morgan fingerprint density at radius 3 is 2.73 bits per heavy atom. The summed E-state index contributed by atoms with van der Waals surface area (Å²) in [7, 11) is 0. The Labute approximate surface area is 93.9 Å². The van der Waals surface area contributed by atoms with Crippen molar-refractivity contribution in [3.8, 4) is 0 Å². The largest absolute Gasteiger partial charge is 0.480 e. The van der Waals surface area contributed by atoms with Crippen LogP contribution in [0.15, 0.2) is 24.3 Å². The number of hydrogen-bond acceptors (Lipinski definition) is 2. The number of nitrogens with two attached hydrogens (primary N) is 1. The Kier molecular flexibility index (Phi) is 4.59. The van der Waals surface area contributed by atoms with Gasteiger partial charge in [-0.25, -0.2) is 0 Å². The third-order valence-corrected chi connectivity index (χ3v) is 2.61. The Balaban J connectivity index is 2.38. The van der Waals surface area contributed by atoms with Gasteiger partial charge in [0.2, 0.25) is 0 Å². The van der Waals surface area contributed by atoms with Crippen molar-refractivity contribution in [2.45, 2.75) is 25.3 Å². The Morgan fingerprint density at radius 2 is 2.13 bits per heavy atom. The molecule has 0 saturated carbocycles. The molecule has 0 saturated heterocycles. The highest BCUT2D eigenvalue weighted by Gasteiger charge is 2.10. The first kappa shape index (κ1) is 12.0. The van der Waals surface area contributed by atoms with E-state index in [-0.39, 0.29) is 0 Å². The van der Waals surface area contributed by atoms with Gasteiger partial charge in [0.25, 0.3) is 0 Å². The van der Waals surface area contributed by atoms with Crippen molar-refractivity contribution in [3.63, 3.8) is 0 Å². The van der Waals surface area contributed by atoms with E-state index in [0.717, 1.165) is 23.4 Å². The molecule has 0 aliphatic heterocycles. The van der Waals surface area contributed by atoms with Crippen molar-refractivity contribution < 1.29 is 9.90 Å². The van der Waals surface area contributed by atoms with Crippen molar-refractivity contribution in [1.82, 2.24) is 0 Å². The number of carboxylic acid groups (broad SMARTS) is 1. The van der Waals surface area contributed by atoms with Crippen LogP contribution < -0.4 is 5.73 Å². The molecule has 1 aromatic carbocycles. The summed E-state index contributed by atoms with van der Waals surface area (Å²) in [5, 5.41) is 9.31. The van der Waals surface area contributed by atoms with Gasteiger partial charge in [0.05, 0.1) is 0 Å². The maximum Gasteiger partial charge on any atom is 0.320 e. The number of aliphatic carboxylic acids is 1. The van der Waals surface area contributed by atoms with E-state index in [2.05, 4.69) is 0 Å². The summed E-state index contributed by atoms with van der Waals surface area (Å²) in [6.07, 6.45) is 1.97. The Morgan fingerprint density at radius 1 is 1.47 bits per heavy atom. The van der Waals surface area contributed by atoms with Crippen LogP contribution in [0.4, 0.5) is 0 Å². The molecular formula is C11H14ClNO2. The van der Waals surface area contributed by atoms with Gasteiger partial charge in [-0.05, 0) is 30.9 Å². The lowest BCUT2D eigenvalue weighted by Crippen LogP contribution is -2.29. The van der Waals surface area contributed by atoms with E-state index in [1.54, 1.807) is 0 Å². The number of rotatable bonds is 5. The third kappa shape index (κ3) is 3.90. The molecule has 0 amide bonds. The first-order valence-electron chi connectivity index (χ1n) is 4.83. The molecule has 0 heterocycles. The molecule has 82 valence electrons. The monoisotopic (exact) mass is 227 g/mol. The summed E-state index contributed by atoms with van der Waals surface area (Å²) in [5.74, 6) is -0.950. The summed E-state index contributed by atoms with van der Waals surface area (Å²) < 4.78 is 0. The lowest BCUT2D eigenvalue weighted by molar-refractivity contribution is -0.138. The summed E-state index contributed by atoms with van der Waals surface area (Å²) in [4.78, 5) is 10.5. The summed E-state index contributed by atoms with van der Waals surface area (Å²) in [5.41, 5.74) is 6.42. The molecular weight excluding hydrogens is 214 g/mol. The smallest absolute Gasteiger partial charge is 0.320 e. The molecule has 0 radical (unpaired) electrons. The second-order valence-electron chi connectivity index (χ2n) is 3.43. The Bertz CT molecular complexity index is 341. The van der Waals surface area contributed by atoms with Crippen LogP contribution in [0.2, 0.25) is 5.02 Å². The zero-order valence-electron chi connectivity index (χ0n) is 8.32. The third-order valence-electron chi connectivity index (χ3n) is 2.24. The van der Waals surface area contributed by atoms with Gasteiger partial charge >= 0.3 is 5.97 Å². The fourth-order valence-electron chi connectivity index (χ4n) is 1.34. The first-order chi connectivity index (χ1) is 7.11. The zero-order chi connectivity index (χ0) is 11.3. The molecule has 1 rings (SSSR count). The van der Waals surface area contributed by atoms with Gasteiger partial charge in [0.15, 0.2) is 0 Å². The first-order valence-corrected chi connectivity index (χ1v) is 5.21. The van der Waals surface area contributed by atoms with Gasteiger partial charge in [-0.1, -0.05) is 29.8 Å². The fourth-order valence-corrected chi connectivity index (χ4v) is 1.57. The predicted octanol–water partition coefficient (Wildman–Crippen LogP) is 2.07. The van der Waals surface area contributed by atoms with Gasteiger partial charge in [-0.3, -0.25) is 4.79 Å². The van der Waals surface area contributed by atoms with Gasteiger partial charge in [-0.15, -0.1) is 0 Å². The van der Waals surface area contributed by atoms with Crippen molar-refractivity contribution in [3.05, 3.63) is 34.9 Å². The van der Waals surface area contributed by atoms with Crippen molar-refractivity contribution in [2.24, 2.45) is 5.73 Å². The van der Waals surface area contributed by atoms with E-state index < -0.39 is 12.0 Å². The Hall–Kier alpha value is -1.06. The predicted molar refractivity (Wildman–Crippen MR) is 60.0 cm³/mol. The van der Waals surface area contributed by atoms with Crippen LogP contribution in [0.25, 0.3) is 0 Å². The van der Waals surface area contributed by atoms with Crippen molar-refractivity contribution in [1.29, 1.82) is 0 Å².